The van der Waals surface area contributed by atoms with Gasteiger partial charge in [0.15, 0.2) is 5.76 Å². The van der Waals surface area contributed by atoms with E-state index in [2.05, 4.69) is 5.32 Å². The molecular weight excluding hydrogens is 244 g/mol. The largest absolute Gasteiger partial charge is 0.459 e. The van der Waals surface area contributed by atoms with E-state index in [-0.39, 0.29) is 17.9 Å². The van der Waals surface area contributed by atoms with E-state index < -0.39 is 0 Å². The molecule has 102 valence electrons. The maximum atomic E-state index is 11.9. The first kappa shape index (κ1) is 12.3. The fourth-order valence-electron chi connectivity index (χ4n) is 2.50. The van der Waals surface area contributed by atoms with E-state index in [1.54, 1.807) is 12.1 Å². The molecule has 0 radical (unpaired) electrons. The van der Waals surface area contributed by atoms with Crippen LogP contribution in [0.2, 0.25) is 0 Å². The van der Waals surface area contributed by atoms with E-state index in [1.807, 2.05) is 4.90 Å². The Balaban J connectivity index is 1.47. The highest BCUT2D eigenvalue weighted by Crippen LogP contribution is 2.31. The molecule has 1 aromatic heterocycles. The molecule has 1 saturated heterocycles. The molecule has 5 heteroatoms. The van der Waals surface area contributed by atoms with Crippen LogP contribution in [0.5, 0.6) is 0 Å². The summed E-state index contributed by atoms with van der Waals surface area (Å²) >= 11 is 0. The summed E-state index contributed by atoms with van der Waals surface area (Å²) in [5, 5.41) is 2.95. The summed E-state index contributed by atoms with van der Waals surface area (Å²) in [5.41, 5.74) is 0. The number of furan rings is 1. The predicted molar refractivity (Wildman–Crippen MR) is 68.5 cm³/mol. The summed E-state index contributed by atoms with van der Waals surface area (Å²) in [5.74, 6) is 0.763. The number of amides is 2. The molecule has 0 unspecified atom stereocenters. The van der Waals surface area contributed by atoms with Crippen LogP contribution in [0.3, 0.4) is 0 Å². The fraction of sp³-hybridized carbons (Fsp3) is 0.571. The van der Waals surface area contributed by atoms with Crippen molar-refractivity contribution in [2.45, 2.75) is 31.7 Å². The zero-order chi connectivity index (χ0) is 13.2. The van der Waals surface area contributed by atoms with Crippen molar-refractivity contribution in [3.63, 3.8) is 0 Å². The van der Waals surface area contributed by atoms with E-state index in [0.29, 0.717) is 11.7 Å². The first-order chi connectivity index (χ1) is 9.24. The predicted octanol–water partition coefficient (Wildman–Crippen LogP) is 1.41. The summed E-state index contributed by atoms with van der Waals surface area (Å²) in [7, 11) is 0. The second-order valence-electron chi connectivity index (χ2n) is 5.32. The number of hydrogen-bond donors (Lipinski definition) is 1. The third-order valence-corrected chi connectivity index (χ3v) is 3.81. The van der Waals surface area contributed by atoms with Crippen molar-refractivity contribution in [2.24, 2.45) is 5.92 Å². The summed E-state index contributed by atoms with van der Waals surface area (Å²) in [6, 6.07) is 3.49. The quantitative estimate of drug-likeness (QED) is 0.896. The molecule has 2 aliphatic rings. The zero-order valence-corrected chi connectivity index (χ0v) is 10.8. The van der Waals surface area contributed by atoms with Gasteiger partial charge < -0.3 is 14.6 Å². The summed E-state index contributed by atoms with van der Waals surface area (Å²) < 4.78 is 5.06. The number of carbonyl (C=O) groups is 2. The third kappa shape index (κ3) is 2.80. The van der Waals surface area contributed by atoms with Gasteiger partial charge in [0.25, 0.3) is 5.91 Å². The molecule has 5 nitrogen and oxygen atoms in total. The van der Waals surface area contributed by atoms with Crippen LogP contribution < -0.4 is 5.32 Å². The van der Waals surface area contributed by atoms with E-state index in [4.69, 9.17) is 4.42 Å². The van der Waals surface area contributed by atoms with Crippen molar-refractivity contribution < 1.29 is 14.0 Å². The lowest BCUT2D eigenvalue weighted by molar-refractivity contribution is -0.133. The summed E-state index contributed by atoms with van der Waals surface area (Å²) in [6.07, 6.45) is 5.24. The van der Waals surface area contributed by atoms with Crippen LogP contribution in [0.4, 0.5) is 0 Å². The highest BCUT2D eigenvalue weighted by molar-refractivity contribution is 5.91. The van der Waals surface area contributed by atoms with E-state index in [9.17, 15) is 9.59 Å². The number of likely N-dealkylation sites (tertiary alicyclic amines) is 1. The molecule has 0 atom stereocenters. The van der Waals surface area contributed by atoms with Crippen LogP contribution in [0, 0.1) is 5.92 Å². The average Bonchev–Trinajstić information content (AvgIpc) is 3.13. The molecule has 2 fully saturated rings. The van der Waals surface area contributed by atoms with E-state index in [1.165, 1.54) is 6.26 Å². The molecule has 1 N–H and O–H groups in total. The molecule has 3 rings (SSSR count). The van der Waals surface area contributed by atoms with Crippen LogP contribution in [-0.4, -0.2) is 35.8 Å². The van der Waals surface area contributed by atoms with Gasteiger partial charge in [-0.25, -0.2) is 0 Å². The standard InChI is InChI=1S/C14H18N2O3/c17-13(12-2-1-9-19-12)15-11-5-7-16(8-6-11)14(18)10-3-4-10/h1-2,9-11H,3-8H2,(H,15,17). The van der Waals surface area contributed by atoms with Crippen molar-refractivity contribution in [2.75, 3.05) is 13.1 Å². The second-order valence-corrected chi connectivity index (χ2v) is 5.32. The first-order valence-electron chi connectivity index (χ1n) is 6.87. The van der Waals surface area contributed by atoms with Crippen LogP contribution >= 0.6 is 0 Å². The molecule has 19 heavy (non-hydrogen) atoms. The molecule has 1 aliphatic carbocycles. The molecule has 2 amide bonds. The van der Waals surface area contributed by atoms with Crippen molar-refractivity contribution in [3.8, 4) is 0 Å². The lowest BCUT2D eigenvalue weighted by Gasteiger charge is -2.32. The number of nitrogens with zero attached hydrogens (tertiary/aromatic N) is 1. The third-order valence-electron chi connectivity index (χ3n) is 3.81. The van der Waals surface area contributed by atoms with Gasteiger partial charge in [0, 0.05) is 25.0 Å². The van der Waals surface area contributed by atoms with Gasteiger partial charge in [-0.1, -0.05) is 0 Å². The minimum atomic E-state index is -0.169. The van der Waals surface area contributed by atoms with Gasteiger partial charge in [0.05, 0.1) is 6.26 Å². The Bertz CT molecular complexity index is 457. The number of piperidine rings is 1. The molecule has 0 aromatic carbocycles. The second kappa shape index (κ2) is 5.07. The Morgan fingerprint density at radius 1 is 1.21 bits per heavy atom. The Hall–Kier alpha value is -1.78. The van der Waals surface area contributed by atoms with Crippen LogP contribution in [0.1, 0.15) is 36.2 Å². The highest BCUT2D eigenvalue weighted by atomic mass is 16.3. The molecule has 1 saturated carbocycles. The average molecular weight is 262 g/mol. The fourth-order valence-corrected chi connectivity index (χ4v) is 2.50. The number of hydrogen-bond acceptors (Lipinski definition) is 3. The van der Waals surface area contributed by atoms with Gasteiger partial charge in [-0.15, -0.1) is 0 Å². The minimum absolute atomic E-state index is 0.140. The van der Waals surface area contributed by atoms with Gasteiger partial charge in [0.2, 0.25) is 5.91 Å². The van der Waals surface area contributed by atoms with Gasteiger partial charge in [-0.3, -0.25) is 9.59 Å². The first-order valence-corrected chi connectivity index (χ1v) is 6.87. The molecule has 1 aromatic rings. The molecule has 0 bridgehead atoms. The minimum Gasteiger partial charge on any atom is -0.459 e. The Kier molecular flexibility index (Phi) is 3.27. The lowest BCUT2D eigenvalue weighted by Crippen LogP contribution is -2.46. The summed E-state index contributed by atoms with van der Waals surface area (Å²) in [6.45, 7) is 1.50. The smallest absolute Gasteiger partial charge is 0.287 e. The number of carbonyl (C=O) groups excluding carboxylic acids is 2. The number of nitrogens with one attached hydrogen (secondary N) is 1. The Morgan fingerprint density at radius 3 is 2.53 bits per heavy atom. The van der Waals surface area contributed by atoms with E-state index >= 15 is 0 Å². The maximum Gasteiger partial charge on any atom is 0.287 e. The van der Waals surface area contributed by atoms with Gasteiger partial charge in [0.1, 0.15) is 0 Å². The lowest BCUT2D eigenvalue weighted by atomic mass is 10.0. The Labute approximate surface area is 111 Å². The molecule has 0 spiro atoms. The topological polar surface area (TPSA) is 62.6 Å². The van der Waals surface area contributed by atoms with Crippen LogP contribution in [-0.2, 0) is 4.79 Å². The zero-order valence-electron chi connectivity index (χ0n) is 10.8. The normalized spacial score (nSPS) is 20.3. The van der Waals surface area contributed by atoms with Gasteiger partial charge >= 0.3 is 0 Å². The van der Waals surface area contributed by atoms with Crippen molar-refractivity contribution in [3.05, 3.63) is 24.2 Å². The Morgan fingerprint density at radius 2 is 1.95 bits per heavy atom. The van der Waals surface area contributed by atoms with Crippen LogP contribution in [0.25, 0.3) is 0 Å². The van der Waals surface area contributed by atoms with Gasteiger partial charge in [-0.2, -0.15) is 0 Å². The molecular formula is C14H18N2O3. The monoisotopic (exact) mass is 262 g/mol. The van der Waals surface area contributed by atoms with Gasteiger partial charge in [-0.05, 0) is 37.8 Å². The van der Waals surface area contributed by atoms with E-state index in [0.717, 1.165) is 38.8 Å². The highest BCUT2D eigenvalue weighted by Gasteiger charge is 2.35. The maximum absolute atomic E-state index is 11.9. The molecule has 1 aliphatic heterocycles. The van der Waals surface area contributed by atoms with Crippen molar-refractivity contribution in [1.82, 2.24) is 10.2 Å². The van der Waals surface area contributed by atoms with Crippen molar-refractivity contribution in [1.29, 1.82) is 0 Å². The number of rotatable bonds is 3. The summed E-state index contributed by atoms with van der Waals surface area (Å²) in [4.78, 5) is 25.7. The van der Waals surface area contributed by atoms with Crippen LogP contribution in [0.15, 0.2) is 22.8 Å². The SMILES string of the molecule is O=C(NC1CCN(C(=O)C2CC2)CC1)c1ccco1. The van der Waals surface area contributed by atoms with Crippen molar-refractivity contribution >= 4 is 11.8 Å². The molecule has 2 heterocycles.